The Hall–Kier alpha value is -0.900. The van der Waals surface area contributed by atoms with Gasteiger partial charge in [-0.15, -0.1) is 0 Å². The van der Waals surface area contributed by atoms with Crippen LogP contribution in [0.5, 0.6) is 0 Å². The third-order valence-electron chi connectivity index (χ3n) is 2.57. The van der Waals surface area contributed by atoms with Gasteiger partial charge in [-0.25, -0.2) is 5.90 Å². The zero-order valence-electron chi connectivity index (χ0n) is 9.57. The minimum absolute atomic E-state index is 0.478. The molecule has 1 rings (SSSR count). The molecule has 1 aromatic rings. The van der Waals surface area contributed by atoms with Gasteiger partial charge in [0.1, 0.15) is 0 Å². The van der Waals surface area contributed by atoms with Gasteiger partial charge in [0.2, 0.25) is 0 Å². The molecule has 0 unspecified atom stereocenters. The fourth-order valence-corrected chi connectivity index (χ4v) is 1.54. The Morgan fingerprint density at radius 3 is 2.07 bits per heavy atom. The molecule has 0 spiro atoms. The quantitative estimate of drug-likeness (QED) is 0.726. The van der Waals surface area contributed by atoms with Gasteiger partial charge in [0.05, 0.1) is 6.61 Å². The van der Waals surface area contributed by atoms with Gasteiger partial charge in [0.15, 0.2) is 0 Å². The van der Waals surface area contributed by atoms with E-state index < -0.39 is 0 Å². The van der Waals surface area contributed by atoms with Crippen LogP contribution in [0.4, 0.5) is 0 Å². The van der Waals surface area contributed by atoms with Crippen molar-refractivity contribution in [3.63, 3.8) is 0 Å². The molecule has 1 aromatic carbocycles. The van der Waals surface area contributed by atoms with Crippen LogP contribution in [0.15, 0.2) is 24.3 Å². The third kappa shape index (κ3) is 4.00. The van der Waals surface area contributed by atoms with Crippen molar-refractivity contribution in [1.29, 1.82) is 0 Å². The molecule has 0 aromatic heterocycles. The van der Waals surface area contributed by atoms with E-state index in [0.717, 1.165) is 25.2 Å². The first-order valence-corrected chi connectivity index (χ1v) is 5.42. The van der Waals surface area contributed by atoms with E-state index in [1.54, 1.807) is 0 Å². The number of nitrogens with zero attached hydrogens (tertiary/aromatic N) is 1. The van der Waals surface area contributed by atoms with Gasteiger partial charge in [0.25, 0.3) is 0 Å². The summed E-state index contributed by atoms with van der Waals surface area (Å²) in [5, 5.41) is 0. The smallest absolute Gasteiger partial charge is 0.0930 e. The first kappa shape index (κ1) is 12.2. The van der Waals surface area contributed by atoms with Gasteiger partial charge >= 0.3 is 0 Å². The molecule has 0 bridgehead atoms. The van der Waals surface area contributed by atoms with E-state index in [9.17, 15) is 0 Å². The van der Waals surface area contributed by atoms with Gasteiger partial charge in [-0.1, -0.05) is 38.1 Å². The molecule has 15 heavy (non-hydrogen) atoms. The summed E-state index contributed by atoms with van der Waals surface area (Å²) in [6.45, 7) is 8.02. The van der Waals surface area contributed by atoms with Crippen LogP contribution < -0.4 is 5.90 Å². The second-order valence-electron chi connectivity index (χ2n) is 3.59. The first-order chi connectivity index (χ1) is 7.30. The number of rotatable bonds is 6. The summed E-state index contributed by atoms with van der Waals surface area (Å²) in [6, 6.07) is 8.39. The van der Waals surface area contributed by atoms with Crippen molar-refractivity contribution in [3.8, 4) is 0 Å². The summed E-state index contributed by atoms with van der Waals surface area (Å²) in [5.41, 5.74) is 2.44. The molecule has 0 aliphatic heterocycles. The average molecular weight is 208 g/mol. The maximum Gasteiger partial charge on any atom is 0.0930 e. The van der Waals surface area contributed by atoms with E-state index in [4.69, 9.17) is 5.90 Å². The predicted octanol–water partition coefficient (Wildman–Crippen LogP) is 1.92. The monoisotopic (exact) mass is 208 g/mol. The Balaban J connectivity index is 2.55. The molecule has 0 saturated heterocycles. The van der Waals surface area contributed by atoms with E-state index >= 15 is 0 Å². The fourth-order valence-electron chi connectivity index (χ4n) is 1.54. The summed E-state index contributed by atoms with van der Waals surface area (Å²) in [7, 11) is 0. The summed E-state index contributed by atoms with van der Waals surface area (Å²) in [5.74, 6) is 5.01. The van der Waals surface area contributed by atoms with Crippen molar-refractivity contribution in [2.75, 3.05) is 13.1 Å². The van der Waals surface area contributed by atoms with Crippen molar-refractivity contribution in [2.24, 2.45) is 5.90 Å². The van der Waals surface area contributed by atoms with Crippen LogP contribution >= 0.6 is 0 Å². The van der Waals surface area contributed by atoms with Crippen LogP contribution in [0.1, 0.15) is 25.0 Å². The summed E-state index contributed by atoms with van der Waals surface area (Å²) >= 11 is 0. The van der Waals surface area contributed by atoms with Gasteiger partial charge in [-0.2, -0.15) is 0 Å². The molecule has 0 atom stereocenters. The zero-order valence-corrected chi connectivity index (χ0v) is 9.57. The second kappa shape index (κ2) is 6.56. The lowest BCUT2D eigenvalue weighted by molar-refractivity contribution is 0.124. The largest absolute Gasteiger partial charge is 0.300 e. The van der Waals surface area contributed by atoms with E-state index in [1.807, 2.05) is 0 Å². The Morgan fingerprint density at radius 1 is 1.07 bits per heavy atom. The van der Waals surface area contributed by atoms with Crippen molar-refractivity contribution in [1.82, 2.24) is 4.90 Å². The number of hydrogen-bond donors (Lipinski definition) is 1. The lowest BCUT2D eigenvalue weighted by Gasteiger charge is -2.17. The van der Waals surface area contributed by atoms with Gasteiger partial charge in [-0.05, 0) is 24.2 Å². The Labute approximate surface area is 91.8 Å². The highest BCUT2D eigenvalue weighted by atomic mass is 16.6. The van der Waals surface area contributed by atoms with Gasteiger partial charge in [-0.3, -0.25) is 9.74 Å². The molecule has 3 nitrogen and oxygen atoms in total. The van der Waals surface area contributed by atoms with Crippen LogP contribution in [0.25, 0.3) is 0 Å². The van der Waals surface area contributed by atoms with Crippen molar-refractivity contribution in [3.05, 3.63) is 35.4 Å². The highest BCUT2D eigenvalue weighted by Crippen LogP contribution is 2.07. The van der Waals surface area contributed by atoms with Gasteiger partial charge in [0, 0.05) is 6.54 Å². The minimum Gasteiger partial charge on any atom is -0.300 e. The normalized spacial score (nSPS) is 10.9. The predicted molar refractivity (Wildman–Crippen MR) is 62.0 cm³/mol. The zero-order chi connectivity index (χ0) is 11.1. The van der Waals surface area contributed by atoms with E-state index in [0.29, 0.717) is 6.61 Å². The van der Waals surface area contributed by atoms with E-state index in [-0.39, 0.29) is 0 Å². The lowest BCUT2D eigenvalue weighted by Crippen LogP contribution is -2.22. The molecular formula is C12H20N2O. The van der Waals surface area contributed by atoms with Crippen molar-refractivity contribution >= 4 is 0 Å². The SMILES string of the molecule is CCN(CC)Cc1ccc(CON)cc1. The van der Waals surface area contributed by atoms with Crippen LogP contribution in [-0.4, -0.2) is 18.0 Å². The fraction of sp³-hybridized carbons (Fsp3) is 0.500. The standard InChI is InChI=1S/C12H20N2O/c1-3-14(4-2)9-11-5-7-12(8-6-11)10-15-13/h5-8H,3-4,9-10,13H2,1-2H3. The second-order valence-corrected chi connectivity index (χ2v) is 3.59. The molecule has 0 saturated carbocycles. The number of nitrogens with two attached hydrogens (primary N) is 1. The van der Waals surface area contributed by atoms with Crippen LogP contribution in [-0.2, 0) is 18.0 Å². The molecule has 84 valence electrons. The molecule has 3 heteroatoms. The minimum atomic E-state index is 0.478. The molecule has 0 radical (unpaired) electrons. The van der Waals surface area contributed by atoms with Gasteiger partial charge < -0.3 is 0 Å². The van der Waals surface area contributed by atoms with E-state index in [2.05, 4.69) is 47.9 Å². The van der Waals surface area contributed by atoms with Crippen LogP contribution in [0.3, 0.4) is 0 Å². The lowest BCUT2D eigenvalue weighted by atomic mass is 10.1. The molecule has 0 aliphatic carbocycles. The third-order valence-corrected chi connectivity index (χ3v) is 2.57. The molecular weight excluding hydrogens is 188 g/mol. The molecule has 0 amide bonds. The van der Waals surface area contributed by atoms with E-state index in [1.165, 1.54) is 5.56 Å². The Morgan fingerprint density at radius 2 is 1.60 bits per heavy atom. The molecule has 2 N–H and O–H groups in total. The number of hydrogen-bond acceptors (Lipinski definition) is 3. The highest BCUT2D eigenvalue weighted by molar-refractivity contribution is 5.21. The summed E-state index contributed by atoms with van der Waals surface area (Å²) in [6.07, 6.45) is 0. The summed E-state index contributed by atoms with van der Waals surface area (Å²) in [4.78, 5) is 6.96. The molecule has 0 aliphatic rings. The summed E-state index contributed by atoms with van der Waals surface area (Å²) < 4.78 is 0. The highest BCUT2D eigenvalue weighted by Gasteiger charge is 2.00. The molecule has 0 fully saturated rings. The molecule has 0 heterocycles. The first-order valence-electron chi connectivity index (χ1n) is 5.42. The topological polar surface area (TPSA) is 38.5 Å². The average Bonchev–Trinajstić information content (AvgIpc) is 2.28. The maximum absolute atomic E-state index is 5.01. The Bertz CT molecular complexity index is 267. The maximum atomic E-state index is 5.01. The van der Waals surface area contributed by atoms with Crippen molar-refractivity contribution in [2.45, 2.75) is 27.0 Å². The van der Waals surface area contributed by atoms with Crippen LogP contribution in [0.2, 0.25) is 0 Å². The van der Waals surface area contributed by atoms with Crippen LogP contribution in [0, 0.1) is 0 Å². The Kier molecular flexibility index (Phi) is 5.32. The number of benzene rings is 1. The van der Waals surface area contributed by atoms with Crippen molar-refractivity contribution < 1.29 is 4.84 Å².